The lowest BCUT2D eigenvalue weighted by Gasteiger charge is -2.21. The Hall–Kier alpha value is -1.93. The number of carbonyl (C=O) groups is 3. The Bertz CT molecular complexity index is 769. The molecule has 26 heavy (non-hydrogen) atoms. The second-order valence-electron chi connectivity index (χ2n) is 5.56. The minimum atomic E-state index is -1.27. The molecule has 1 aliphatic heterocycles. The maximum absolute atomic E-state index is 13.0. The number of carboxylic acids is 1. The SMILES string of the molecule is CCCC(OC(=O)CC(=O)O)C1=CC(=C(Br)Br)N(c2ccccc2)C1=O. The molecule has 0 spiro atoms. The van der Waals surface area contributed by atoms with Gasteiger partial charge in [-0.3, -0.25) is 19.3 Å². The zero-order valence-electron chi connectivity index (χ0n) is 13.9. The van der Waals surface area contributed by atoms with Crippen LogP contribution in [0.3, 0.4) is 0 Å². The van der Waals surface area contributed by atoms with Crippen LogP contribution in [0, 0.1) is 0 Å². The van der Waals surface area contributed by atoms with Crippen molar-refractivity contribution in [3.05, 3.63) is 51.1 Å². The van der Waals surface area contributed by atoms with Crippen molar-refractivity contribution in [3.63, 3.8) is 0 Å². The molecule has 2 rings (SSSR count). The van der Waals surface area contributed by atoms with Crippen molar-refractivity contribution in [2.45, 2.75) is 32.3 Å². The van der Waals surface area contributed by atoms with E-state index in [1.165, 1.54) is 4.90 Å². The van der Waals surface area contributed by atoms with Gasteiger partial charge in [0.25, 0.3) is 5.91 Å². The first kappa shape index (κ1) is 20.4. The summed E-state index contributed by atoms with van der Waals surface area (Å²) in [5, 5.41) is 8.74. The van der Waals surface area contributed by atoms with E-state index in [1.807, 2.05) is 25.1 Å². The Balaban J connectivity index is 2.35. The van der Waals surface area contributed by atoms with Crippen LogP contribution in [0.1, 0.15) is 26.2 Å². The number of aliphatic carboxylic acids is 1. The van der Waals surface area contributed by atoms with Crippen LogP contribution in [-0.4, -0.2) is 29.1 Å². The van der Waals surface area contributed by atoms with Gasteiger partial charge in [-0.15, -0.1) is 0 Å². The predicted octanol–water partition coefficient (Wildman–Crippen LogP) is 4.11. The van der Waals surface area contributed by atoms with E-state index in [0.717, 1.165) is 0 Å². The average molecular weight is 487 g/mol. The van der Waals surface area contributed by atoms with E-state index in [9.17, 15) is 14.4 Å². The topological polar surface area (TPSA) is 83.9 Å². The first-order valence-corrected chi connectivity index (χ1v) is 9.51. The van der Waals surface area contributed by atoms with Gasteiger partial charge in [0.05, 0.1) is 14.7 Å². The van der Waals surface area contributed by atoms with Crippen LogP contribution >= 0.6 is 31.9 Å². The number of ether oxygens (including phenoxy) is 1. The third-order valence-electron chi connectivity index (χ3n) is 3.66. The molecule has 0 bridgehead atoms. The summed E-state index contributed by atoms with van der Waals surface area (Å²) in [4.78, 5) is 37.0. The molecule has 1 aliphatic rings. The van der Waals surface area contributed by atoms with Crippen LogP contribution in [0.15, 0.2) is 51.1 Å². The quantitative estimate of drug-likeness (QED) is 0.463. The number of amides is 1. The summed E-state index contributed by atoms with van der Waals surface area (Å²) in [6.07, 6.45) is 1.17. The maximum Gasteiger partial charge on any atom is 0.317 e. The van der Waals surface area contributed by atoms with Gasteiger partial charge in [0, 0.05) is 5.69 Å². The van der Waals surface area contributed by atoms with Crippen LogP contribution in [0.2, 0.25) is 0 Å². The van der Waals surface area contributed by atoms with Crippen LogP contribution in [-0.2, 0) is 19.1 Å². The Morgan fingerprint density at radius 1 is 1.23 bits per heavy atom. The average Bonchev–Trinajstić information content (AvgIpc) is 2.92. The summed E-state index contributed by atoms with van der Waals surface area (Å²) < 4.78 is 5.85. The highest BCUT2D eigenvalue weighted by molar-refractivity contribution is 9.28. The first-order chi connectivity index (χ1) is 12.3. The van der Waals surface area contributed by atoms with Gasteiger partial charge in [-0.2, -0.15) is 0 Å². The van der Waals surface area contributed by atoms with Crippen molar-refractivity contribution in [2.24, 2.45) is 0 Å². The molecule has 6 nitrogen and oxygen atoms in total. The molecule has 1 amide bonds. The largest absolute Gasteiger partial charge is 0.481 e. The maximum atomic E-state index is 13.0. The number of anilines is 1. The number of hydrogen-bond donors (Lipinski definition) is 1. The van der Waals surface area contributed by atoms with Crippen molar-refractivity contribution >= 4 is 55.4 Å². The molecule has 1 heterocycles. The summed E-state index contributed by atoms with van der Waals surface area (Å²) in [6, 6.07) is 9.07. The Morgan fingerprint density at radius 2 is 1.88 bits per heavy atom. The molecular weight excluding hydrogens is 470 g/mol. The fourth-order valence-electron chi connectivity index (χ4n) is 2.58. The van der Waals surface area contributed by atoms with E-state index < -0.39 is 24.5 Å². The van der Waals surface area contributed by atoms with E-state index in [2.05, 4.69) is 31.9 Å². The van der Waals surface area contributed by atoms with Gasteiger partial charge >= 0.3 is 11.9 Å². The third kappa shape index (κ3) is 4.82. The van der Waals surface area contributed by atoms with Crippen molar-refractivity contribution in [3.8, 4) is 0 Å². The van der Waals surface area contributed by atoms with Crippen LogP contribution in [0.5, 0.6) is 0 Å². The molecule has 8 heteroatoms. The lowest BCUT2D eigenvalue weighted by atomic mass is 10.1. The summed E-state index contributed by atoms with van der Waals surface area (Å²) in [6.45, 7) is 1.89. The summed E-state index contributed by atoms with van der Waals surface area (Å²) >= 11 is 6.68. The van der Waals surface area contributed by atoms with Crippen molar-refractivity contribution < 1.29 is 24.2 Å². The zero-order chi connectivity index (χ0) is 19.3. The van der Waals surface area contributed by atoms with E-state index >= 15 is 0 Å². The molecule has 1 unspecified atom stereocenters. The van der Waals surface area contributed by atoms with Crippen molar-refractivity contribution in [1.29, 1.82) is 0 Å². The second kappa shape index (κ2) is 9.14. The van der Waals surface area contributed by atoms with Crippen LogP contribution in [0.25, 0.3) is 0 Å². The number of carboxylic acid groups (broad SMARTS) is 1. The Kier molecular flexibility index (Phi) is 7.16. The van der Waals surface area contributed by atoms with Crippen LogP contribution < -0.4 is 4.90 Å². The number of esters is 1. The molecule has 1 atom stereocenters. The third-order valence-corrected chi connectivity index (χ3v) is 4.47. The number of halogens is 2. The number of para-hydroxylation sites is 1. The molecule has 1 aromatic rings. The highest BCUT2D eigenvalue weighted by atomic mass is 79.9. The van der Waals surface area contributed by atoms with Crippen LogP contribution in [0.4, 0.5) is 5.69 Å². The number of allylic oxidation sites excluding steroid dienone is 1. The zero-order valence-corrected chi connectivity index (χ0v) is 17.1. The highest BCUT2D eigenvalue weighted by Crippen LogP contribution is 2.36. The normalized spacial score (nSPS) is 14.9. The van der Waals surface area contributed by atoms with E-state index in [4.69, 9.17) is 9.84 Å². The molecule has 1 aromatic carbocycles. The lowest BCUT2D eigenvalue weighted by molar-refractivity contribution is -0.154. The fraction of sp³-hybridized carbons (Fsp3) is 0.278. The van der Waals surface area contributed by atoms with E-state index in [0.29, 0.717) is 33.2 Å². The molecular formula is C18H17Br2NO5. The summed E-state index contributed by atoms with van der Waals surface area (Å²) in [7, 11) is 0. The number of hydrogen-bond acceptors (Lipinski definition) is 4. The Morgan fingerprint density at radius 3 is 2.42 bits per heavy atom. The molecule has 0 aliphatic carbocycles. The van der Waals surface area contributed by atoms with Gasteiger partial charge in [-0.1, -0.05) is 31.5 Å². The Labute approximate surface area is 167 Å². The summed E-state index contributed by atoms with van der Waals surface area (Å²) in [5.74, 6) is -2.46. The van der Waals surface area contributed by atoms with E-state index in [1.54, 1.807) is 18.2 Å². The molecule has 1 N–H and O–H groups in total. The second-order valence-corrected chi connectivity index (χ2v) is 8.21. The predicted molar refractivity (Wildman–Crippen MR) is 104 cm³/mol. The van der Waals surface area contributed by atoms with Crippen molar-refractivity contribution in [1.82, 2.24) is 0 Å². The highest BCUT2D eigenvalue weighted by Gasteiger charge is 2.36. The van der Waals surface area contributed by atoms with E-state index in [-0.39, 0.29) is 5.91 Å². The van der Waals surface area contributed by atoms with Gasteiger partial charge in [-0.25, -0.2) is 0 Å². The fourth-order valence-corrected chi connectivity index (χ4v) is 3.16. The number of carbonyl (C=O) groups excluding carboxylic acids is 2. The molecule has 0 radical (unpaired) electrons. The minimum Gasteiger partial charge on any atom is -0.481 e. The minimum absolute atomic E-state index is 0.306. The summed E-state index contributed by atoms with van der Waals surface area (Å²) in [5.41, 5.74) is 1.55. The number of rotatable bonds is 7. The standard InChI is InChI=1S/C18H17Br2NO5/c1-2-6-14(26-16(24)10-15(22)23)12-9-13(17(19)20)21(18(12)25)11-7-4-3-5-8-11/h3-5,7-9,14H,2,6,10H2,1H3,(H,22,23). The number of nitrogens with zero attached hydrogens (tertiary/aromatic N) is 1. The lowest BCUT2D eigenvalue weighted by Crippen LogP contribution is -2.31. The first-order valence-electron chi connectivity index (χ1n) is 7.92. The van der Waals surface area contributed by atoms with Crippen molar-refractivity contribution in [2.75, 3.05) is 4.90 Å². The van der Waals surface area contributed by atoms with Gasteiger partial charge in [0.15, 0.2) is 0 Å². The molecule has 0 fully saturated rings. The van der Waals surface area contributed by atoms with Gasteiger partial charge < -0.3 is 9.84 Å². The van der Waals surface area contributed by atoms with Gasteiger partial charge in [-0.05, 0) is 56.5 Å². The molecule has 0 aromatic heterocycles. The molecule has 0 saturated heterocycles. The molecule has 0 saturated carbocycles. The smallest absolute Gasteiger partial charge is 0.317 e. The van der Waals surface area contributed by atoms with Gasteiger partial charge in [0.2, 0.25) is 0 Å². The van der Waals surface area contributed by atoms with Gasteiger partial charge in [0.1, 0.15) is 12.5 Å². The monoisotopic (exact) mass is 485 g/mol. The molecule has 138 valence electrons. The number of benzene rings is 1.